The van der Waals surface area contributed by atoms with E-state index >= 15 is 0 Å². The van der Waals surface area contributed by atoms with Crippen molar-refractivity contribution in [3.05, 3.63) is 65.2 Å². The number of benzene rings is 2. The highest BCUT2D eigenvalue weighted by Crippen LogP contribution is 2.24. The molecule has 2 N–H and O–H groups in total. The monoisotopic (exact) mass is 291 g/mol. The van der Waals surface area contributed by atoms with Gasteiger partial charge in [0, 0.05) is 12.2 Å². The topological polar surface area (TPSA) is 32.3 Å². The molecule has 0 saturated carbocycles. The molecule has 2 aromatic rings. The lowest BCUT2D eigenvalue weighted by molar-refractivity contribution is 0.191. The normalized spacial score (nSPS) is 12.5. The molecule has 0 fully saturated rings. The minimum Gasteiger partial charge on any atom is -0.387 e. The van der Waals surface area contributed by atoms with Gasteiger partial charge in [-0.25, -0.2) is 8.78 Å². The smallest absolute Gasteiger partial charge is 0.159 e. The zero-order valence-corrected chi connectivity index (χ0v) is 12.1. The molecule has 0 saturated heterocycles. The van der Waals surface area contributed by atoms with Crippen LogP contribution < -0.4 is 5.32 Å². The van der Waals surface area contributed by atoms with Crippen LogP contribution >= 0.6 is 0 Å². The lowest BCUT2D eigenvalue weighted by Crippen LogP contribution is -2.13. The lowest BCUT2D eigenvalue weighted by Gasteiger charge is -2.17. The van der Waals surface area contributed by atoms with E-state index in [9.17, 15) is 13.9 Å². The van der Waals surface area contributed by atoms with Crippen molar-refractivity contribution in [3.63, 3.8) is 0 Å². The summed E-state index contributed by atoms with van der Waals surface area (Å²) in [6.07, 6.45) is -0.902. The number of rotatable bonds is 5. The van der Waals surface area contributed by atoms with Gasteiger partial charge in [0.2, 0.25) is 0 Å². The number of hydrogen-bond donors (Lipinski definition) is 2. The molecule has 1 unspecified atom stereocenters. The van der Waals surface area contributed by atoms with E-state index in [0.29, 0.717) is 11.5 Å². The summed E-state index contributed by atoms with van der Waals surface area (Å²) in [7, 11) is 0. The molecule has 1 atom stereocenters. The molecule has 2 nitrogen and oxygen atoms in total. The first-order valence-electron chi connectivity index (χ1n) is 6.95. The molecule has 0 aliphatic carbocycles. The van der Waals surface area contributed by atoms with Gasteiger partial charge in [-0.3, -0.25) is 0 Å². The SMILES string of the molecule is CC(C)c1ccccc1NCC(O)c1ccc(F)c(F)c1. The fourth-order valence-corrected chi connectivity index (χ4v) is 2.21. The molecule has 2 aromatic carbocycles. The van der Waals surface area contributed by atoms with E-state index in [1.165, 1.54) is 6.07 Å². The van der Waals surface area contributed by atoms with Crippen molar-refractivity contribution >= 4 is 5.69 Å². The van der Waals surface area contributed by atoms with Gasteiger partial charge < -0.3 is 10.4 Å². The van der Waals surface area contributed by atoms with E-state index in [1.807, 2.05) is 24.3 Å². The minimum atomic E-state index is -0.950. The van der Waals surface area contributed by atoms with Crippen LogP contribution in [0.3, 0.4) is 0 Å². The van der Waals surface area contributed by atoms with Crippen LogP contribution in [0.1, 0.15) is 37.0 Å². The molecule has 0 aromatic heterocycles. The predicted molar refractivity (Wildman–Crippen MR) is 80.3 cm³/mol. The van der Waals surface area contributed by atoms with Crippen molar-refractivity contribution < 1.29 is 13.9 Å². The van der Waals surface area contributed by atoms with Crippen LogP contribution in [0.5, 0.6) is 0 Å². The molecule has 0 radical (unpaired) electrons. The Hall–Kier alpha value is -1.94. The molecular formula is C17H19F2NO. The Kier molecular flexibility index (Phi) is 4.91. The Morgan fingerprint density at radius 3 is 2.43 bits per heavy atom. The maximum Gasteiger partial charge on any atom is 0.159 e. The van der Waals surface area contributed by atoms with Gasteiger partial charge in [0.1, 0.15) is 0 Å². The summed E-state index contributed by atoms with van der Waals surface area (Å²) in [5.74, 6) is -1.51. The first kappa shape index (κ1) is 15.4. The van der Waals surface area contributed by atoms with Crippen LogP contribution in [0.15, 0.2) is 42.5 Å². The average molecular weight is 291 g/mol. The summed E-state index contributed by atoms with van der Waals surface area (Å²) in [6.45, 7) is 4.41. The predicted octanol–water partition coefficient (Wildman–Crippen LogP) is 4.23. The fourth-order valence-electron chi connectivity index (χ4n) is 2.21. The molecule has 21 heavy (non-hydrogen) atoms. The van der Waals surface area contributed by atoms with Gasteiger partial charge in [-0.05, 0) is 35.2 Å². The molecule has 0 amide bonds. The highest BCUT2D eigenvalue weighted by molar-refractivity contribution is 5.52. The molecule has 2 rings (SSSR count). The number of para-hydroxylation sites is 1. The molecule has 4 heteroatoms. The summed E-state index contributed by atoms with van der Waals surface area (Å²) in [6, 6.07) is 11.3. The van der Waals surface area contributed by atoms with Gasteiger partial charge in [-0.1, -0.05) is 38.1 Å². The van der Waals surface area contributed by atoms with Gasteiger partial charge in [0.05, 0.1) is 6.10 Å². The standard InChI is InChI=1S/C17H19F2NO/c1-11(2)13-5-3-4-6-16(13)20-10-17(21)12-7-8-14(18)15(19)9-12/h3-9,11,17,20-21H,10H2,1-2H3. The Bertz CT molecular complexity index is 613. The number of aliphatic hydroxyl groups excluding tert-OH is 1. The Balaban J connectivity index is 2.07. The molecule has 0 aliphatic heterocycles. The number of nitrogens with one attached hydrogen (secondary N) is 1. The van der Waals surface area contributed by atoms with E-state index < -0.39 is 17.7 Å². The summed E-state index contributed by atoms with van der Waals surface area (Å²) in [5.41, 5.74) is 2.44. The molecule has 0 bridgehead atoms. The lowest BCUT2D eigenvalue weighted by atomic mass is 10.0. The molecule has 112 valence electrons. The largest absolute Gasteiger partial charge is 0.387 e. The van der Waals surface area contributed by atoms with Crippen molar-refractivity contribution in [2.45, 2.75) is 25.9 Å². The summed E-state index contributed by atoms with van der Waals surface area (Å²) < 4.78 is 26.0. The molecule has 0 heterocycles. The van der Waals surface area contributed by atoms with E-state index in [2.05, 4.69) is 19.2 Å². The number of aliphatic hydroxyl groups is 1. The van der Waals surface area contributed by atoms with Crippen molar-refractivity contribution in [1.29, 1.82) is 0 Å². The van der Waals surface area contributed by atoms with Gasteiger partial charge in [0.15, 0.2) is 11.6 Å². The van der Waals surface area contributed by atoms with E-state index in [1.54, 1.807) is 0 Å². The van der Waals surface area contributed by atoms with Crippen LogP contribution in [-0.2, 0) is 0 Å². The summed E-state index contributed by atoms with van der Waals surface area (Å²) in [4.78, 5) is 0. The fraction of sp³-hybridized carbons (Fsp3) is 0.294. The third-order valence-electron chi connectivity index (χ3n) is 3.40. The van der Waals surface area contributed by atoms with Gasteiger partial charge in [0.25, 0.3) is 0 Å². The van der Waals surface area contributed by atoms with Crippen molar-refractivity contribution in [2.75, 3.05) is 11.9 Å². The second kappa shape index (κ2) is 6.68. The summed E-state index contributed by atoms with van der Waals surface area (Å²) in [5, 5.41) is 13.2. The third-order valence-corrected chi connectivity index (χ3v) is 3.40. The Labute approximate surface area is 123 Å². The quantitative estimate of drug-likeness (QED) is 0.864. The first-order chi connectivity index (χ1) is 9.99. The average Bonchev–Trinajstić information content (AvgIpc) is 2.47. The van der Waals surface area contributed by atoms with Gasteiger partial charge in [-0.15, -0.1) is 0 Å². The van der Waals surface area contributed by atoms with E-state index in [4.69, 9.17) is 0 Å². The number of hydrogen-bond acceptors (Lipinski definition) is 2. The zero-order valence-electron chi connectivity index (χ0n) is 12.1. The number of halogens is 2. The van der Waals surface area contributed by atoms with Gasteiger partial charge in [-0.2, -0.15) is 0 Å². The minimum absolute atomic E-state index is 0.231. The highest BCUT2D eigenvalue weighted by Gasteiger charge is 2.12. The zero-order chi connectivity index (χ0) is 15.4. The maximum absolute atomic E-state index is 13.2. The molecular weight excluding hydrogens is 272 g/mol. The maximum atomic E-state index is 13.2. The second-order valence-corrected chi connectivity index (χ2v) is 5.31. The molecule has 0 spiro atoms. The van der Waals surface area contributed by atoms with Crippen LogP contribution in [0.25, 0.3) is 0 Å². The number of anilines is 1. The van der Waals surface area contributed by atoms with Crippen molar-refractivity contribution in [1.82, 2.24) is 0 Å². The van der Waals surface area contributed by atoms with Crippen LogP contribution in [-0.4, -0.2) is 11.7 Å². The second-order valence-electron chi connectivity index (χ2n) is 5.31. The summed E-state index contributed by atoms with van der Waals surface area (Å²) >= 11 is 0. The Morgan fingerprint density at radius 1 is 1.05 bits per heavy atom. The van der Waals surface area contributed by atoms with Crippen LogP contribution in [0.4, 0.5) is 14.5 Å². The molecule has 0 aliphatic rings. The van der Waals surface area contributed by atoms with Crippen LogP contribution in [0.2, 0.25) is 0 Å². The van der Waals surface area contributed by atoms with E-state index in [-0.39, 0.29) is 6.54 Å². The van der Waals surface area contributed by atoms with Crippen LogP contribution in [0, 0.1) is 11.6 Å². The van der Waals surface area contributed by atoms with Crippen molar-refractivity contribution in [2.24, 2.45) is 0 Å². The van der Waals surface area contributed by atoms with Gasteiger partial charge >= 0.3 is 0 Å². The first-order valence-corrected chi connectivity index (χ1v) is 6.95. The Morgan fingerprint density at radius 2 is 1.76 bits per heavy atom. The third kappa shape index (κ3) is 3.79. The van der Waals surface area contributed by atoms with E-state index in [0.717, 1.165) is 23.4 Å². The highest BCUT2D eigenvalue weighted by atomic mass is 19.2. The van der Waals surface area contributed by atoms with Crippen molar-refractivity contribution in [3.8, 4) is 0 Å².